The topological polar surface area (TPSA) is 42.4 Å². The lowest BCUT2D eigenvalue weighted by Gasteiger charge is -2.29. The number of hydrogen-bond acceptors (Lipinski definition) is 5. The number of pyridine rings is 1. The van der Waals surface area contributed by atoms with Crippen molar-refractivity contribution >= 4 is 29.0 Å². The van der Waals surface area contributed by atoms with E-state index in [-0.39, 0.29) is 11.2 Å². The molecule has 23 heavy (non-hydrogen) atoms. The Labute approximate surface area is 144 Å². The van der Waals surface area contributed by atoms with Crippen molar-refractivity contribution in [2.24, 2.45) is 0 Å². The van der Waals surface area contributed by atoms with Crippen molar-refractivity contribution in [1.82, 2.24) is 9.88 Å². The highest BCUT2D eigenvalue weighted by Gasteiger charge is 2.31. The number of nitrogens with zero attached hydrogens (tertiary/aromatic N) is 2. The molecule has 3 rings (SSSR count). The van der Waals surface area contributed by atoms with E-state index in [1.165, 1.54) is 10.4 Å². The predicted octanol–water partition coefficient (Wildman–Crippen LogP) is 3.15. The molecule has 4 nitrogen and oxygen atoms in total. The quantitative estimate of drug-likeness (QED) is 0.804. The summed E-state index contributed by atoms with van der Waals surface area (Å²) in [6.07, 6.45) is 2.83. The Balaban J connectivity index is 1.78. The number of amides is 1. The number of aryl methyl sites for hydroxylation is 1. The fourth-order valence-corrected chi connectivity index (χ4v) is 5.05. The summed E-state index contributed by atoms with van der Waals surface area (Å²) in [5.41, 5.74) is 2.10. The number of rotatable bonds is 6. The van der Waals surface area contributed by atoms with Gasteiger partial charge in [0.15, 0.2) is 0 Å². The number of methoxy groups -OCH3 is 1. The first kappa shape index (κ1) is 16.5. The zero-order valence-corrected chi connectivity index (χ0v) is 14.7. The number of thiophene rings is 1. The first-order chi connectivity index (χ1) is 11.3. The monoisotopic (exact) mass is 348 g/mol. The number of aromatic nitrogens is 1. The van der Waals surface area contributed by atoms with E-state index in [1.54, 1.807) is 36.4 Å². The zero-order valence-electron chi connectivity index (χ0n) is 13.1. The third kappa shape index (κ3) is 3.94. The van der Waals surface area contributed by atoms with E-state index in [9.17, 15) is 4.79 Å². The van der Waals surface area contributed by atoms with Gasteiger partial charge in [0.1, 0.15) is 5.25 Å². The second-order valence-electron chi connectivity index (χ2n) is 5.37. The highest BCUT2D eigenvalue weighted by Crippen LogP contribution is 2.40. The molecule has 1 aliphatic heterocycles. The van der Waals surface area contributed by atoms with Gasteiger partial charge in [0.2, 0.25) is 5.91 Å². The first-order valence-electron chi connectivity index (χ1n) is 7.65. The first-order valence-corrected chi connectivity index (χ1v) is 9.58. The molecule has 122 valence electrons. The lowest BCUT2D eigenvalue weighted by atomic mass is 10.1. The van der Waals surface area contributed by atoms with Crippen LogP contribution in [0.1, 0.15) is 21.4 Å². The molecule has 0 aromatic carbocycles. The second kappa shape index (κ2) is 7.95. The van der Waals surface area contributed by atoms with Gasteiger partial charge < -0.3 is 9.64 Å². The van der Waals surface area contributed by atoms with Gasteiger partial charge in [-0.05, 0) is 41.3 Å². The fraction of sp³-hybridized carbons (Fsp3) is 0.412. The molecule has 3 heterocycles. The molecule has 1 amide bonds. The van der Waals surface area contributed by atoms with Crippen LogP contribution < -0.4 is 0 Å². The molecule has 2 aromatic rings. The summed E-state index contributed by atoms with van der Waals surface area (Å²) in [6, 6.07) is 7.90. The normalized spacial score (nSPS) is 16.8. The smallest absolute Gasteiger partial charge is 0.240 e. The molecule has 0 saturated heterocycles. The van der Waals surface area contributed by atoms with E-state index in [1.807, 2.05) is 23.1 Å². The summed E-state index contributed by atoms with van der Waals surface area (Å²) in [5.74, 6) is 1.17. The Kier molecular flexibility index (Phi) is 5.70. The van der Waals surface area contributed by atoms with E-state index in [0.29, 0.717) is 19.7 Å². The number of fused-ring (bicyclic) bond motifs is 1. The molecule has 0 saturated carbocycles. The van der Waals surface area contributed by atoms with Gasteiger partial charge in [-0.25, -0.2) is 0 Å². The third-order valence-electron chi connectivity index (χ3n) is 3.86. The van der Waals surface area contributed by atoms with Crippen LogP contribution in [0.5, 0.6) is 0 Å². The lowest BCUT2D eigenvalue weighted by Crippen LogP contribution is -2.37. The molecule has 0 fully saturated rings. The Morgan fingerprint density at radius 2 is 2.35 bits per heavy atom. The van der Waals surface area contributed by atoms with Gasteiger partial charge in [-0.15, -0.1) is 23.1 Å². The van der Waals surface area contributed by atoms with Crippen molar-refractivity contribution < 1.29 is 9.53 Å². The van der Waals surface area contributed by atoms with Crippen LogP contribution >= 0.6 is 23.1 Å². The largest absolute Gasteiger partial charge is 0.383 e. The van der Waals surface area contributed by atoms with E-state index in [4.69, 9.17) is 4.74 Å². The molecular formula is C17H20N2O2S2. The summed E-state index contributed by atoms with van der Waals surface area (Å²) in [6.45, 7) is 1.65. The van der Waals surface area contributed by atoms with Crippen LogP contribution in [0.25, 0.3) is 0 Å². The highest BCUT2D eigenvalue weighted by atomic mass is 32.2. The molecule has 0 radical (unpaired) electrons. The van der Waals surface area contributed by atoms with Crippen molar-refractivity contribution in [1.29, 1.82) is 0 Å². The molecule has 6 heteroatoms. The van der Waals surface area contributed by atoms with Crippen molar-refractivity contribution in [3.05, 3.63) is 52.0 Å². The van der Waals surface area contributed by atoms with Crippen LogP contribution in [0, 0.1) is 0 Å². The number of carbonyl (C=O) groups is 1. The molecule has 2 aromatic heterocycles. The van der Waals surface area contributed by atoms with Gasteiger partial charge in [0.05, 0.1) is 18.8 Å². The molecule has 1 atom stereocenters. The number of thioether (sulfide) groups is 1. The third-order valence-corrected chi connectivity index (χ3v) is 6.08. The number of ether oxygens (including phenoxy) is 1. The van der Waals surface area contributed by atoms with Crippen molar-refractivity contribution in [2.45, 2.75) is 18.2 Å². The van der Waals surface area contributed by atoms with E-state index in [2.05, 4.69) is 16.4 Å². The Morgan fingerprint density at radius 3 is 3.13 bits per heavy atom. The van der Waals surface area contributed by atoms with E-state index < -0.39 is 0 Å². The molecule has 0 N–H and O–H groups in total. The Bertz CT molecular complexity index is 645. The lowest BCUT2D eigenvalue weighted by molar-refractivity contribution is -0.132. The van der Waals surface area contributed by atoms with Crippen molar-refractivity contribution in [2.75, 3.05) is 26.0 Å². The van der Waals surface area contributed by atoms with Gasteiger partial charge in [-0.3, -0.25) is 9.78 Å². The predicted molar refractivity (Wildman–Crippen MR) is 94.8 cm³/mol. The maximum absolute atomic E-state index is 13.1. The van der Waals surface area contributed by atoms with Crippen LogP contribution in [-0.4, -0.2) is 41.8 Å². The van der Waals surface area contributed by atoms with Crippen LogP contribution in [-0.2, 0) is 22.5 Å². The minimum atomic E-state index is -0.0921. The van der Waals surface area contributed by atoms with Crippen LogP contribution in [0.3, 0.4) is 0 Å². The minimum absolute atomic E-state index is 0.0921. The van der Waals surface area contributed by atoms with Gasteiger partial charge in [0.25, 0.3) is 0 Å². The standard InChI is InChI=1S/C17H20N2O2S2/c1-21-9-8-19(12-13-4-2-3-7-18-13)17(20)16-14-5-10-22-15(14)6-11-23-16/h2-5,7,10,16H,6,8-9,11-12H2,1H3. The minimum Gasteiger partial charge on any atom is -0.383 e. The molecule has 0 bridgehead atoms. The number of carbonyl (C=O) groups excluding carboxylic acids is 1. The maximum Gasteiger partial charge on any atom is 0.240 e. The molecular weight excluding hydrogens is 328 g/mol. The van der Waals surface area contributed by atoms with Gasteiger partial charge in [-0.1, -0.05) is 6.07 Å². The maximum atomic E-state index is 13.1. The molecule has 0 spiro atoms. The average molecular weight is 348 g/mol. The van der Waals surface area contributed by atoms with Crippen LogP contribution in [0.15, 0.2) is 35.8 Å². The van der Waals surface area contributed by atoms with Gasteiger partial charge in [0, 0.05) is 24.7 Å². The van der Waals surface area contributed by atoms with Crippen molar-refractivity contribution in [3.8, 4) is 0 Å². The summed E-state index contributed by atoms with van der Waals surface area (Å²) in [5, 5.41) is 2.00. The SMILES string of the molecule is COCCN(Cc1ccccn1)C(=O)C1SCCc2sccc21. The molecule has 1 unspecified atom stereocenters. The molecule has 1 aliphatic rings. The van der Waals surface area contributed by atoms with Crippen molar-refractivity contribution in [3.63, 3.8) is 0 Å². The van der Waals surface area contributed by atoms with E-state index >= 15 is 0 Å². The van der Waals surface area contributed by atoms with Gasteiger partial charge in [-0.2, -0.15) is 0 Å². The Hall–Kier alpha value is -1.37. The fourth-order valence-electron chi connectivity index (χ4n) is 2.67. The summed E-state index contributed by atoms with van der Waals surface area (Å²) in [4.78, 5) is 20.7. The zero-order chi connectivity index (χ0) is 16.1. The molecule has 0 aliphatic carbocycles. The summed E-state index contributed by atoms with van der Waals surface area (Å²) >= 11 is 3.50. The van der Waals surface area contributed by atoms with Gasteiger partial charge >= 0.3 is 0 Å². The number of hydrogen-bond donors (Lipinski definition) is 0. The summed E-state index contributed by atoms with van der Waals surface area (Å²) < 4.78 is 5.18. The Morgan fingerprint density at radius 1 is 1.43 bits per heavy atom. The summed E-state index contributed by atoms with van der Waals surface area (Å²) in [7, 11) is 1.66. The van der Waals surface area contributed by atoms with E-state index in [0.717, 1.165) is 17.9 Å². The van der Waals surface area contributed by atoms with Crippen LogP contribution in [0.2, 0.25) is 0 Å². The average Bonchev–Trinajstić information content (AvgIpc) is 3.07. The van der Waals surface area contributed by atoms with Crippen LogP contribution in [0.4, 0.5) is 0 Å². The highest BCUT2D eigenvalue weighted by molar-refractivity contribution is 8.00. The second-order valence-corrected chi connectivity index (χ2v) is 7.59.